The minimum absolute atomic E-state index is 0.0608. The quantitative estimate of drug-likeness (QED) is 0.606. The van der Waals surface area contributed by atoms with Gasteiger partial charge in [0, 0.05) is 18.7 Å². The highest BCUT2D eigenvalue weighted by Gasteiger charge is 2.37. The van der Waals surface area contributed by atoms with Gasteiger partial charge in [0.05, 0.1) is 0 Å². The lowest BCUT2D eigenvalue weighted by atomic mass is 9.64. The van der Waals surface area contributed by atoms with Crippen molar-refractivity contribution in [3.8, 4) is 5.75 Å². The molecule has 0 fully saturated rings. The van der Waals surface area contributed by atoms with Gasteiger partial charge in [-0.3, -0.25) is 4.79 Å². The number of ether oxygens (including phenoxy) is 3. The number of carbonyl (C=O) groups excluding carboxylic acids is 2. The summed E-state index contributed by atoms with van der Waals surface area (Å²) in [5.41, 5.74) is 0.968. The van der Waals surface area contributed by atoms with Gasteiger partial charge >= 0.3 is 13.1 Å². The van der Waals surface area contributed by atoms with E-state index in [1.165, 1.54) is 0 Å². The lowest BCUT2D eigenvalue weighted by Crippen LogP contribution is -2.35. The minimum Gasteiger partial charge on any atom is -0.535 e. The molecule has 0 unspecified atom stereocenters. The van der Waals surface area contributed by atoms with Crippen molar-refractivity contribution in [2.24, 2.45) is 0 Å². The number of esters is 1. The first kappa shape index (κ1) is 19.0. The number of fused-ring (bicyclic) bond motifs is 1. The SMILES string of the molecule is C=C1OC(C)=C(COC(=O)c2cccc3c2OB(O)[C@@H](CC(=O)CC)C3)O1. The number of benzene rings is 1. The molecule has 0 saturated carbocycles. The van der Waals surface area contributed by atoms with Gasteiger partial charge in [-0.05, 0) is 31.6 Å². The van der Waals surface area contributed by atoms with E-state index in [1.807, 2.05) is 6.07 Å². The normalized spacial score (nSPS) is 18.4. The number of hydrogen-bond donors (Lipinski definition) is 1. The smallest absolute Gasteiger partial charge is 0.526 e. The van der Waals surface area contributed by atoms with Crippen LogP contribution in [0.3, 0.4) is 0 Å². The van der Waals surface area contributed by atoms with Crippen LogP contribution >= 0.6 is 0 Å². The van der Waals surface area contributed by atoms with Crippen molar-refractivity contribution in [3.63, 3.8) is 0 Å². The molecule has 1 atom stereocenters. The Labute approximate surface area is 157 Å². The van der Waals surface area contributed by atoms with E-state index in [-0.39, 0.29) is 41.9 Å². The molecular formula is C19H21BO7. The molecule has 1 aromatic rings. The molecule has 7 nitrogen and oxygen atoms in total. The van der Waals surface area contributed by atoms with Gasteiger partial charge in [0.2, 0.25) is 0 Å². The van der Waals surface area contributed by atoms with Crippen molar-refractivity contribution in [3.05, 3.63) is 53.4 Å². The number of allylic oxidation sites excluding steroid dienone is 1. The van der Waals surface area contributed by atoms with Crippen molar-refractivity contribution in [1.29, 1.82) is 0 Å². The van der Waals surface area contributed by atoms with E-state index < -0.39 is 13.1 Å². The second-order valence-electron chi connectivity index (χ2n) is 6.49. The molecule has 142 valence electrons. The molecule has 1 aromatic carbocycles. The number of ketones is 1. The summed E-state index contributed by atoms with van der Waals surface area (Å²) >= 11 is 0. The van der Waals surface area contributed by atoms with Crippen LogP contribution in [0.1, 0.15) is 42.6 Å². The van der Waals surface area contributed by atoms with Crippen LogP contribution in [-0.2, 0) is 25.4 Å². The second-order valence-corrected chi connectivity index (χ2v) is 6.49. The zero-order valence-corrected chi connectivity index (χ0v) is 15.3. The van der Waals surface area contributed by atoms with Gasteiger partial charge in [0.25, 0.3) is 5.95 Å². The third-order valence-electron chi connectivity index (χ3n) is 4.56. The van der Waals surface area contributed by atoms with Gasteiger partial charge in [-0.2, -0.15) is 0 Å². The summed E-state index contributed by atoms with van der Waals surface area (Å²) in [6.45, 7) is 6.90. The molecule has 3 rings (SSSR count). The second kappa shape index (κ2) is 7.88. The Bertz CT molecular complexity index is 814. The average molecular weight is 372 g/mol. The molecule has 0 saturated heterocycles. The van der Waals surface area contributed by atoms with E-state index in [0.29, 0.717) is 24.4 Å². The average Bonchev–Trinajstić information content (AvgIpc) is 2.97. The highest BCUT2D eigenvalue weighted by Crippen LogP contribution is 2.36. The Morgan fingerprint density at radius 1 is 1.37 bits per heavy atom. The molecule has 0 bridgehead atoms. The topological polar surface area (TPSA) is 91.3 Å². The van der Waals surface area contributed by atoms with Gasteiger partial charge < -0.3 is 23.9 Å². The molecule has 0 spiro atoms. The van der Waals surface area contributed by atoms with Gasteiger partial charge in [-0.15, -0.1) is 0 Å². The standard InChI is InChI=1S/C19H21BO7/c1-4-15(21)9-14-8-13-6-5-7-16(18(13)27-20(14)23)19(22)24-10-17-11(2)25-12(3)26-17/h5-7,14,23H,3-4,8-10H2,1-2H3/t14-/m1/s1. The Morgan fingerprint density at radius 2 is 2.15 bits per heavy atom. The van der Waals surface area contributed by atoms with Crippen molar-refractivity contribution in [2.75, 3.05) is 6.61 Å². The molecule has 0 aromatic heterocycles. The van der Waals surface area contributed by atoms with Gasteiger partial charge in [-0.1, -0.05) is 19.1 Å². The minimum atomic E-state index is -1.15. The fourth-order valence-electron chi connectivity index (χ4n) is 3.05. The fraction of sp³-hybridized carbons (Fsp3) is 0.368. The van der Waals surface area contributed by atoms with Crippen LogP contribution in [0, 0.1) is 0 Å². The van der Waals surface area contributed by atoms with E-state index >= 15 is 0 Å². The summed E-state index contributed by atoms with van der Waals surface area (Å²) in [6, 6.07) is 5.10. The van der Waals surface area contributed by atoms with Crippen LogP contribution in [0.5, 0.6) is 5.75 Å². The molecule has 2 aliphatic heterocycles. The lowest BCUT2D eigenvalue weighted by molar-refractivity contribution is -0.118. The van der Waals surface area contributed by atoms with E-state index in [9.17, 15) is 14.6 Å². The maximum atomic E-state index is 12.5. The number of hydrogen-bond acceptors (Lipinski definition) is 7. The summed E-state index contributed by atoms with van der Waals surface area (Å²) in [5, 5.41) is 10.3. The summed E-state index contributed by atoms with van der Waals surface area (Å²) in [4.78, 5) is 24.2. The van der Waals surface area contributed by atoms with Gasteiger partial charge in [-0.25, -0.2) is 4.79 Å². The summed E-state index contributed by atoms with van der Waals surface area (Å²) in [6.07, 6.45) is 1.10. The van der Waals surface area contributed by atoms with E-state index in [0.717, 1.165) is 5.56 Å². The summed E-state index contributed by atoms with van der Waals surface area (Å²) in [5.74, 6) is 0.396. The van der Waals surface area contributed by atoms with Crippen LogP contribution < -0.4 is 4.65 Å². The highest BCUT2D eigenvalue weighted by molar-refractivity contribution is 6.47. The van der Waals surface area contributed by atoms with Crippen molar-refractivity contribution in [1.82, 2.24) is 0 Å². The fourth-order valence-corrected chi connectivity index (χ4v) is 3.05. The van der Waals surface area contributed by atoms with Crippen LogP contribution in [-0.4, -0.2) is 30.5 Å². The zero-order chi connectivity index (χ0) is 19.6. The molecule has 0 radical (unpaired) electrons. The van der Waals surface area contributed by atoms with Gasteiger partial charge in [0.1, 0.15) is 22.9 Å². The molecule has 27 heavy (non-hydrogen) atoms. The van der Waals surface area contributed by atoms with Crippen molar-refractivity contribution >= 4 is 18.9 Å². The van der Waals surface area contributed by atoms with Crippen LogP contribution in [0.25, 0.3) is 0 Å². The number of para-hydroxylation sites is 1. The molecule has 8 heteroatoms. The predicted molar refractivity (Wildman–Crippen MR) is 96.7 cm³/mol. The molecule has 0 amide bonds. The van der Waals surface area contributed by atoms with Gasteiger partial charge in [0.15, 0.2) is 12.4 Å². The third-order valence-corrected chi connectivity index (χ3v) is 4.56. The molecule has 2 heterocycles. The lowest BCUT2D eigenvalue weighted by Gasteiger charge is -2.28. The van der Waals surface area contributed by atoms with E-state index in [1.54, 1.807) is 26.0 Å². The maximum Gasteiger partial charge on any atom is 0.526 e. The van der Waals surface area contributed by atoms with Crippen LogP contribution in [0.4, 0.5) is 0 Å². The maximum absolute atomic E-state index is 12.5. The Kier molecular flexibility index (Phi) is 5.55. The summed E-state index contributed by atoms with van der Waals surface area (Å²) in [7, 11) is -1.15. The first-order chi connectivity index (χ1) is 12.9. The molecule has 2 aliphatic rings. The molecular weight excluding hydrogens is 351 g/mol. The van der Waals surface area contributed by atoms with Crippen molar-refractivity contribution < 1.29 is 33.5 Å². The Morgan fingerprint density at radius 3 is 2.81 bits per heavy atom. The first-order valence-corrected chi connectivity index (χ1v) is 8.78. The predicted octanol–water partition coefficient (Wildman–Crippen LogP) is 2.75. The van der Waals surface area contributed by atoms with Crippen molar-refractivity contribution in [2.45, 2.75) is 38.9 Å². The zero-order valence-electron chi connectivity index (χ0n) is 15.3. The number of Topliss-reactive ketones (excluding diaryl/α,β-unsaturated/α-hetero) is 1. The largest absolute Gasteiger partial charge is 0.535 e. The number of rotatable bonds is 6. The Hall–Kier alpha value is -2.74. The third kappa shape index (κ3) is 4.16. The number of carbonyl (C=O) groups is 2. The Balaban J connectivity index is 1.72. The highest BCUT2D eigenvalue weighted by atomic mass is 16.7. The first-order valence-electron chi connectivity index (χ1n) is 8.78. The molecule has 1 N–H and O–H groups in total. The van der Waals surface area contributed by atoms with Crippen LogP contribution in [0.15, 0.2) is 42.2 Å². The monoisotopic (exact) mass is 372 g/mol. The van der Waals surface area contributed by atoms with E-state index in [2.05, 4.69) is 6.58 Å². The van der Waals surface area contributed by atoms with E-state index in [4.69, 9.17) is 18.9 Å². The molecule has 0 aliphatic carbocycles. The van der Waals surface area contributed by atoms with Crippen LogP contribution in [0.2, 0.25) is 5.82 Å². The summed E-state index contributed by atoms with van der Waals surface area (Å²) < 4.78 is 21.2.